The van der Waals surface area contributed by atoms with E-state index in [9.17, 15) is 9.69 Å². The minimum atomic E-state index is -3.41. The fraction of sp³-hybridized carbons (Fsp3) is 0.118. The third kappa shape index (κ3) is 2.41. The van der Waals surface area contributed by atoms with E-state index in [2.05, 4.69) is 0 Å². The second-order valence-electron chi connectivity index (χ2n) is 5.16. The van der Waals surface area contributed by atoms with E-state index in [0.717, 1.165) is 16.4 Å². The van der Waals surface area contributed by atoms with Crippen molar-refractivity contribution in [2.75, 3.05) is 7.11 Å². The van der Waals surface area contributed by atoms with E-state index in [1.165, 1.54) is 12.9 Å². The van der Waals surface area contributed by atoms with E-state index >= 15 is 0 Å². The molecule has 1 aliphatic rings. The Labute approximate surface area is 129 Å². The van der Waals surface area contributed by atoms with Crippen LogP contribution in [0.4, 0.5) is 0 Å². The second-order valence-corrected chi connectivity index (χ2v) is 7.58. The molecule has 0 unspecified atom stereocenters. The first-order valence-electron chi connectivity index (χ1n) is 6.93. The Morgan fingerprint density at radius 3 is 2.50 bits per heavy atom. The maximum atomic E-state index is 11.7. The van der Waals surface area contributed by atoms with Crippen molar-refractivity contribution in [1.82, 2.24) is 0 Å². The third-order valence-electron chi connectivity index (χ3n) is 3.68. The van der Waals surface area contributed by atoms with Crippen LogP contribution in [0.2, 0.25) is 0 Å². The maximum absolute atomic E-state index is 11.7. The van der Waals surface area contributed by atoms with Crippen molar-refractivity contribution < 1.29 is 18.9 Å². The van der Waals surface area contributed by atoms with Gasteiger partial charge in [-0.25, -0.2) is 0 Å². The van der Waals surface area contributed by atoms with Gasteiger partial charge in [0.15, 0.2) is 0 Å². The summed E-state index contributed by atoms with van der Waals surface area (Å²) in [7, 11) is -2.10. The van der Waals surface area contributed by atoms with Crippen molar-refractivity contribution in [3.63, 3.8) is 0 Å². The number of hydrogen-bond acceptors (Lipinski definition) is 4. The van der Waals surface area contributed by atoms with Gasteiger partial charge in [-0.15, -0.1) is 0 Å². The second kappa shape index (κ2) is 5.56. The third-order valence-corrected chi connectivity index (χ3v) is 6.24. The average Bonchev–Trinajstić information content (AvgIpc) is 2.54. The molecular formula is C17H17O4P. The van der Waals surface area contributed by atoms with Gasteiger partial charge in [-0.3, -0.25) is 0 Å². The first-order valence-corrected chi connectivity index (χ1v) is 8.86. The topological polar surface area (TPSA) is 55.8 Å². The number of carbonyl (C=O) groups excluding carboxylic acids is 1. The van der Waals surface area contributed by atoms with Crippen LogP contribution in [0, 0.1) is 0 Å². The molecule has 0 saturated carbocycles. The Bertz CT molecular complexity index is 769. The van der Waals surface area contributed by atoms with Crippen molar-refractivity contribution in [1.29, 1.82) is 0 Å². The van der Waals surface area contributed by atoms with Crippen LogP contribution >= 0.6 is 7.72 Å². The molecule has 1 heterocycles. The molecule has 22 heavy (non-hydrogen) atoms. The fourth-order valence-corrected chi connectivity index (χ4v) is 5.13. The zero-order valence-electron chi connectivity index (χ0n) is 12.4. The van der Waals surface area contributed by atoms with Crippen LogP contribution in [0.1, 0.15) is 6.92 Å². The molecule has 5 heteroatoms. The van der Waals surface area contributed by atoms with Crippen LogP contribution in [-0.4, -0.2) is 18.0 Å². The number of esters is 1. The van der Waals surface area contributed by atoms with Gasteiger partial charge in [0.1, 0.15) is 0 Å². The van der Waals surface area contributed by atoms with Gasteiger partial charge in [0.2, 0.25) is 0 Å². The van der Waals surface area contributed by atoms with Crippen LogP contribution in [0.3, 0.4) is 0 Å². The van der Waals surface area contributed by atoms with E-state index in [4.69, 9.17) is 9.26 Å². The SMILES string of the molecule is COC(=O)C(C)=C[PH]1(O)Oc2ccccc2-c2ccccc21. The Balaban J connectivity index is 2.18. The molecule has 0 aromatic heterocycles. The van der Waals surface area contributed by atoms with Gasteiger partial charge in [-0.2, -0.15) is 0 Å². The van der Waals surface area contributed by atoms with Gasteiger partial charge in [0.25, 0.3) is 0 Å². The van der Waals surface area contributed by atoms with Crippen molar-refractivity contribution >= 4 is 19.0 Å². The Hall–Kier alpha value is -2.16. The first kappa shape index (κ1) is 14.8. The van der Waals surface area contributed by atoms with Crippen LogP contribution in [0.15, 0.2) is 59.9 Å². The molecule has 0 fully saturated rings. The van der Waals surface area contributed by atoms with Gasteiger partial charge >= 0.3 is 129 Å². The molecule has 0 bridgehead atoms. The van der Waals surface area contributed by atoms with E-state index < -0.39 is 13.7 Å². The molecule has 0 spiro atoms. The molecular weight excluding hydrogens is 299 g/mol. The summed E-state index contributed by atoms with van der Waals surface area (Å²) in [6, 6.07) is 15.2. The number of hydrogen-bond donors (Lipinski definition) is 1. The molecule has 3 rings (SSSR count). The number of benzene rings is 2. The quantitative estimate of drug-likeness (QED) is 0.526. The number of para-hydroxylation sites is 1. The fourth-order valence-electron chi connectivity index (χ4n) is 2.65. The van der Waals surface area contributed by atoms with Crippen molar-refractivity contribution in [3.8, 4) is 16.9 Å². The molecule has 1 N–H and O–H groups in total. The van der Waals surface area contributed by atoms with Crippen LogP contribution in [0.5, 0.6) is 5.75 Å². The molecule has 2 aromatic carbocycles. The number of methoxy groups -OCH3 is 1. The Morgan fingerprint density at radius 1 is 1.14 bits per heavy atom. The summed E-state index contributed by atoms with van der Waals surface area (Å²) in [5.41, 5.74) is 2.22. The van der Waals surface area contributed by atoms with Gasteiger partial charge in [0, 0.05) is 0 Å². The minimum absolute atomic E-state index is 0.339. The summed E-state index contributed by atoms with van der Waals surface area (Å²) in [5.74, 6) is 1.68. The van der Waals surface area contributed by atoms with Crippen molar-refractivity contribution in [2.24, 2.45) is 0 Å². The van der Waals surface area contributed by atoms with Crippen LogP contribution in [0.25, 0.3) is 11.1 Å². The zero-order chi connectivity index (χ0) is 15.7. The van der Waals surface area contributed by atoms with Gasteiger partial charge in [-0.1, -0.05) is 0 Å². The number of carbonyl (C=O) groups is 1. The Kier molecular flexibility index (Phi) is 3.73. The van der Waals surface area contributed by atoms with Crippen LogP contribution in [-0.2, 0) is 9.53 Å². The molecule has 4 nitrogen and oxygen atoms in total. The normalized spacial score (nSPS) is 16.8. The summed E-state index contributed by atoms with van der Waals surface area (Å²) in [5, 5.41) is 0.733. The predicted molar refractivity (Wildman–Crippen MR) is 88.4 cm³/mol. The first-order chi connectivity index (χ1) is 10.5. The molecule has 0 saturated heterocycles. The molecule has 0 radical (unpaired) electrons. The molecule has 1 aliphatic heterocycles. The molecule has 0 aliphatic carbocycles. The van der Waals surface area contributed by atoms with Crippen molar-refractivity contribution in [3.05, 3.63) is 59.9 Å². The van der Waals surface area contributed by atoms with Crippen LogP contribution < -0.4 is 9.83 Å². The van der Waals surface area contributed by atoms with E-state index in [1.54, 1.807) is 6.92 Å². The number of rotatable bonds is 2. The predicted octanol–water partition coefficient (Wildman–Crippen LogP) is 3.02. The summed E-state index contributed by atoms with van der Waals surface area (Å²) >= 11 is 0. The summed E-state index contributed by atoms with van der Waals surface area (Å²) < 4.78 is 10.6. The van der Waals surface area contributed by atoms with Gasteiger partial charge in [0.05, 0.1) is 0 Å². The summed E-state index contributed by atoms with van der Waals surface area (Å²) in [4.78, 5) is 22.8. The van der Waals surface area contributed by atoms with E-state index in [-0.39, 0.29) is 0 Å². The molecule has 114 valence electrons. The molecule has 2 aromatic rings. The average molecular weight is 316 g/mol. The van der Waals surface area contributed by atoms with Crippen molar-refractivity contribution in [2.45, 2.75) is 6.92 Å². The Morgan fingerprint density at radius 2 is 1.77 bits per heavy atom. The number of ether oxygens (including phenoxy) is 1. The number of fused-ring (bicyclic) bond motifs is 3. The zero-order valence-corrected chi connectivity index (χ0v) is 13.4. The molecule has 0 atom stereocenters. The molecule has 0 amide bonds. The monoisotopic (exact) mass is 316 g/mol. The van der Waals surface area contributed by atoms with Gasteiger partial charge in [-0.05, 0) is 0 Å². The van der Waals surface area contributed by atoms with E-state index in [0.29, 0.717) is 11.3 Å². The van der Waals surface area contributed by atoms with E-state index in [1.807, 2.05) is 48.5 Å². The summed E-state index contributed by atoms with van der Waals surface area (Å²) in [6.07, 6.45) is 0. The van der Waals surface area contributed by atoms with Gasteiger partial charge < -0.3 is 0 Å². The summed E-state index contributed by atoms with van der Waals surface area (Å²) in [6.45, 7) is 1.61. The standard InChI is InChI=1S/C17H17O4P/c1-12(17(18)20-2)11-22(19)16-10-6-4-8-14(16)13-7-3-5-9-15(13)21-22/h3-11,19,22H,1-2H3.